The monoisotopic (exact) mass is 1590 g/mol. The maximum absolute atomic E-state index is 13.2. The van der Waals surface area contributed by atoms with Crippen molar-refractivity contribution in [3.63, 3.8) is 0 Å². The number of esters is 4. The number of rotatable bonds is 89. The molecular formula is C90H176O17P2. The molecule has 0 aromatic rings. The number of unbranched alkanes of at least 4 members (excludes halogenated alkanes) is 58. The molecule has 0 heterocycles. The van der Waals surface area contributed by atoms with E-state index in [-0.39, 0.29) is 25.7 Å². The van der Waals surface area contributed by atoms with Crippen molar-refractivity contribution in [3.05, 3.63) is 0 Å². The highest BCUT2D eigenvalue weighted by Crippen LogP contribution is 2.45. The van der Waals surface area contributed by atoms with Crippen LogP contribution in [0.3, 0.4) is 0 Å². The number of carbonyl (C=O) groups excluding carboxylic acids is 4. The molecule has 0 saturated heterocycles. The highest BCUT2D eigenvalue weighted by Gasteiger charge is 2.31. The van der Waals surface area contributed by atoms with Crippen LogP contribution in [0.4, 0.5) is 0 Å². The van der Waals surface area contributed by atoms with Crippen LogP contribution in [0.2, 0.25) is 0 Å². The van der Waals surface area contributed by atoms with Gasteiger partial charge in [-0.15, -0.1) is 0 Å². The number of phosphoric ester groups is 2. The largest absolute Gasteiger partial charge is 0.472 e. The van der Waals surface area contributed by atoms with Gasteiger partial charge in [-0.05, 0) is 37.5 Å². The molecule has 6 atom stereocenters. The second-order valence-electron chi connectivity index (χ2n) is 33.1. The van der Waals surface area contributed by atoms with E-state index in [2.05, 4.69) is 41.5 Å². The van der Waals surface area contributed by atoms with E-state index >= 15 is 0 Å². The predicted molar refractivity (Wildman–Crippen MR) is 451 cm³/mol. The molecule has 0 radical (unpaired) electrons. The summed E-state index contributed by atoms with van der Waals surface area (Å²) in [5.74, 6) is -0.526. The number of carbonyl (C=O) groups is 4. The minimum atomic E-state index is -4.97. The fourth-order valence-electron chi connectivity index (χ4n) is 14.1. The Hall–Kier alpha value is -1.94. The Kier molecular flexibility index (Phi) is 79.8. The van der Waals surface area contributed by atoms with Crippen molar-refractivity contribution in [1.29, 1.82) is 0 Å². The molecule has 17 nitrogen and oxygen atoms in total. The van der Waals surface area contributed by atoms with Crippen LogP contribution in [0.5, 0.6) is 0 Å². The van der Waals surface area contributed by atoms with Crippen LogP contribution in [-0.4, -0.2) is 96.7 Å². The average molecular weight is 1590 g/mol. The molecular weight excluding hydrogens is 1410 g/mol. The quantitative estimate of drug-likeness (QED) is 0.0222. The van der Waals surface area contributed by atoms with Crippen LogP contribution in [-0.2, 0) is 65.4 Å². The lowest BCUT2D eigenvalue weighted by Crippen LogP contribution is -2.30. The fourth-order valence-corrected chi connectivity index (χ4v) is 15.7. The Bertz CT molecular complexity index is 2080. The zero-order chi connectivity index (χ0) is 79.9. The summed E-state index contributed by atoms with van der Waals surface area (Å²) in [4.78, 5) is 73.4. The normalized spacial score (nSPS) is 14.0. The molecule has 0 aromatic carbocycles. The lowest BCUT2D eigenvalue weighted by atomic mass is 9.99. The lowest BCUT2D eigenvalue weighted by Gasteiger charge is -2.21. The van der Waals surface area contributed by atoms with E-state index in [0.717, 1.165) is 102 Å². The van der Waals surface area contributed by atoms with Gasteiger partial charge < -0.3 is 33.8 Å². The first-order valence-electron chi connectivity index (χ1n) is 46.5. The van der Waals surface area contributed by atoms with Crippen molar-refractivity contribution in [2.45, 2.75) is 503 Å². The first-order valence-corrected chi connectivity index (χ1v) is 49.5. The topological polar surface area (TPSA) is 237 Å². The summed E-state index contributed by atoms with van der Waals surface area (Å²) in [5.41, 5.74) is 0. The van der Waals surface area contributed by atoms with Crippen LogP contribution in [0, 0.1) is 11.8 Å². The summed E-state index contributed by atoms with van der Waals surface area (Å²) in [6, 6.07) is 0. The van der Waals surface area contributed by atoms with E-state index in [0.29, 0.717) is 25.7 Å². The molecule has 0 fully saturated rings. The van der Waals surface area contributed by atoms with Crippen molar-refractivity contribution >= 4 is 39.5 Å². The number of hydrogen-bond donors (Lipinski definition) is 3. The number of phosphoric acid groups is 2. The van der Waals surface area contributed by atoms with Gasteiger partial charge in [0.25, 0.3) is 0 Å². The SMILES string of the molecule is CCCCCCCCCCCCCCCCCCCCCCC(=O)OC[C@H](COP(=O)(O)OC[C@@H](O)COP(=O)(O)OC[C@@H](COC(=O)CCCCCCCCCCC(C)C)OC(=O)CCCCCCCCCCCCCCCCC(C)CC)OC(=O)CCCCCCCCCCCCCCCCCCCCCC. The highest BCUT2D eigenvalue weighted by atomic mass is 31.2. The van der Waals surface area contributed by atoms with Crippen molar-refractivity contribution in [3.8, 4) is 0 Å². The van der Waals surface area contributed by atoms with Gasteiger partial charge in [-0.1, -0.05) is 433 Å². The van der Waals surface area contributed by atoms with Gasteiger partial charge in [-0.2, -0.15) is 0 Å². The number of aliphatic hydroxyl groups is 1. The maximum Gasteiger partial charge on any atom is 0.472 e. The Balaban J connectivity index is 5.24. The second-order valence-corrected chi connectivity index (χ2v) is 36.0. The molecule has 0 spiro atoms. The Labute approximate surface area is 670 Å². The van der Waals surface area contributed by atoms with Crippen molar-refractivity contribution in [1.82, 2.24) is 0 Å². The molecule has 19 heteroatoms. The molecule has 0 aliphatic rings. The molecule has 0 aromatic heterocycles. The van der Waals surface area contributed by atoms with E-state index < -0.39 is 97.5 Å². The van der Waals surface area contributed by atoms with E-state index in [1.54, 1.807) is 0 Å². The first kappa shape index (κ1) is 107. The average Bonchev–Trinajstić information content (AvgIpc) is 0.899. The van der Waals surface area contributed by atoms with Gasteiger partial charge in [0.05, 0.1) is 26.4 Å². The van der Waals surface area contributed by atoms with Crippen LogP contribution >= 0.6 is 15.6 Å². The van der Waals surface area contributed by atoms with Gasteiger partial charge in [0.15, 0.2) is 12.2 Å². The fraction of sp³-hybridized carbons (Fsp3) is 0.956. The third kappa shape index (κ3) is 82.4. The van der Waals surface area contributed by atoms with E-state index in [9.17, 15) is 43.2 Å². The molecule has 0 amide bonds. The van der Waals surface area contributed by atoms with Crippen molar-refractivity contribution in [2.24, 2.45) is 11.8 Å². The second kappa shape index (κ2) is 81.2. The first-order chi connectivity index (χ1) is 52.9. The van der Waals surface area contributed by atoms with Gasteiger partial charge in [-0.3, -0.25) is 37.3 Å². The van der Waals surface area contributed by atoms with Crippen LogP contribution in [0.15, 0.2) is 0 Å². The van der Waals surface area contributed by atoms with Crippen molar-refractivity contribution in [2.75, 3.05) is 39.6 Å². The molecule has 3 unspecified atom stereocenters. The molecule has 0 aliphatic heterocycles. The van der Waals surface area contributed by atoms with E-state index in [4.69, 9.17) is 37.0 Å². The van der Waals surface area contributed by atoms with Gasteiger partial charge in [0.2, 0.25) is 0 Å². The third-order valence-corrected chi connectivity index (χ3v) is 23.5. The number of hydrogen-bond acceptors (Lipinski definition) is 15. The van der Waals surface area contributed by atoms with Gasteiger partial charge in [0.1, 0.15) is 19.3 Å². The molecule has 0 rings (SSSR count). The van der Waals surface area contributed by atoms with Crippen LogP contribution < -0.4 is 0 Å². The molecule has 109 heavy (non-hydrogen) atoms. The molecule has 3 N–H and O–H groups in total. The van der Waals surface area contributed by atoms with E-state index in [1.165, 1.54) is 302 Å². The maximum atomic E-state index is 13.2. The van der Waals surface area contributed by atoms with Gasteiger partial charge in [0, 0.05) is 25.7 Å². The lowest BCUT2D eigenvalue weighted by molar-refractivity contribution is -0.161. The van der Waals surface area contributed by atoms with Crippen LogP contribution in [0.25, 0.3) is 0 Å². The Morgan fingerprint density at radius 1 is 0.266 bits per heavy atom. The molecule has 0 aliphatic carbocycles. The Morgan fingerprint density at radius 2 is 0.468 bits per heavy atom. The summed E-state index contributed by atoms with van der Waals surface area (Å²) in [7, 11) is -9.93. The summed E-state index contributed by atoms with van der Waals surface area (Å²) in [6.07, 6.45) is 75.1. The summed E-state index contributed by atoms with van der Waals surface area (Å²) < 4.78 is 69.0. The van der Waals surface area contributed by atoms with E-state index in [1.807, 2.05) is 0 Å². The minimum Gasteiger partial charge on any atom is -0.462 e. The Morgan fingerprint density at radius 3 is 0.697 bits per heavy atom. The van der Waals surface area contributed by atoms with Crippen LogP contribution in [0.1, 0.15) is 485 Å². The smallest absolute Gasteiger partial charge is 0.462 e. The zero-order valence-corrected chi connectivity index (χ0v) is 73.7. The minimum absolute atomic E-state index is 0.107. The molecule has 0 saturated carbocycles. The standard InChI is InChI=1S/C90H176O17P2/c1-7-10-12-14-16-18-20-22-24-26-28-30-32-34-39-43-47-54-60-66-72-87(92)100-78-85(106-89(94)74-68-62-56-48-44-40-35-33-31-29-27-25-23-21-19-17-15-13-11-8-2)80-104-108(96,97)102-76-84(91)77-103-109(98,99)105-81-86(79-101-88(93)73-67-61-55-51-50-52-58-64-70-82(4)5)107-90(95)75-69-63-57-49-45-41-37-36-38-42-46-53-59-65-71-83(6)9-3/h82-86,91H,7-81H2,1-6H3,(H,96,97)(H,98,99)/t83?,84-,85-,86-/m1/s1. The van der Waals surface area contributed by atoms with Crippen molar-refractivity contribution < 1.29 is 80.2 Å². The molecule has 0 bridgehead atoms. The summed E-state index contributed by atoms with van der Waals surface area (Å²) in [6.45, 7) is 9.71. The van der Waals surface area contributed by atoms with Gasteiger partial charge in [-0.25, -0.2) is 9.13 Å². The third-order valence-electron chi connectivity index (χ3n) is 21.6. The highest BCUT2D eigenvalue weighted by molar-refractivity contribution is 7.47. The summed E-state index contributed by atoms with van der Waals surface area (Å²) in [5, 5.41) is 10.7. The number of aliphatic hydroxyl groups excluding tert-OH is 1. The molecule has 648 valence electrons. The summed E-state index contributed by atoms with van der Waals surface area (Å²) >= 11 is 0. The zero-order valence-electron chi connectivity index (χ0n) is 71.9. The van der Waals surface area contributed by atoms with Gasteiger partial charge >= 0.3 is 39.5 Å². The predicted octanol–water partition coefficient (Wildman–Crippen LogP) is 27.8. The number of ether oxygens (including phenoxy) is 4.